The van der Waals surface area contributed by atoms with Crippen molar-refractivity contribution < 1.29 is 9.47 Å². The summed E-state index contributed by atoms with van der Waals surface area (Å²) in [6, 6.07) is 16.6. The molecule has 0 bridgehead atoms. The molecule has 0 saturated heterocycles. The van der Waals surface area contributed by atoms with Crippen LogP contribution >= 0.6 is 15.9 Å². The highest BCUT2D eigenvalue weighted by molar-refractivity contribution is 9.10. The molecule has 0 fully saturated rings. The Hall–Kier alpha value is -2.33. The van der Waals surface area contributed by atoms with Gasteiger partial charge in [0.05, 0.1) is 25.5 Å². The third-order valence-corrected chi connectivity index (χ3v) is 4.89. The van der Waals surface area contributed by atoms with E-state index in [0.29, 0.717) is 5.88 Å². The van der Waals surface area contributed by atoms with E-state index in [1.807, 2.05) is 25.1 Å². The summed E-state index contributed by atoms with van der Waals surface area (Å²) in [6.45, 7) is 12.5. The maximum absolute atomic E-state index is 5.51. The molecule has 0 spiro atoms. The van der Waals surface area contributed by atoms with Crippen LogP contribution in [-0.2, 0) is 11.2 Å². The van der Waals surface area contributed by atoms with E-state index in [0.717, 1.165) is 34.0 Å². The van der Waals surface area contributed by atoms with E-state index in [2.05, 4.69) is 83.3 Å². The van der Waals surface area contributed by atoms with Crippen LogP contribution in [0.2, 0.25) is 0 Å². The number of aromatic nitrogens is 1. The van der Waals surface area contributed by atoms with Crippen LogP contribution in [0.3, 0.4) is 0 Å². The highest BCUT2D eigenvalue weighted by Crippen LogP contribution is 2.37. The first kappa shape index (κ1) is 25.7. The molecule has 0 aliphatic carbocycles. The molecule has 1 heterocycles. The van der Waals surface area contributed by atoms with E-state index in [9.17, 15) is 0 Å². The number of benzene rings is 2. The van der Waals surface area contributed by atoms with E-state index in [1.165, 1.54) is 30.2 Å². The number of unbranched alkanes of at least 4 members (excludes halogenated alkanes) is 1. The van der Waals surface area contributed by atoms with Crippen LogP contribution in [0.5, 0.6) is 5.88 Å². The third-order valence-electron chi connectivity index (χ3n) is 4.40. The van der Waals surface area contributed by atoms with Crippen molar-refractivity contribution in [2.75, 3.05) is 13.7 Å². The van der Waals surface area contributed by atoms with Gasteiger partial charge in [-0.05, 0) is 42.7 Å². The predicted octanol–water partition coefficient (Wildman–Crippen LogP) is 8.21. The molecule has 0 atom stereocenters. The number of para-hydroxylation sites is 1. The Kier molecular flexibility index (Phi) is 12.5. The minimum absolute atomic E-state index is 0.714. The van der Waals surface area contributed by atoms with E-state index >= 15 is 0 Å². The summed E-state index contributed by atoms with van der Waals surface area (Å²) in [6.07, 6.45) is 4.95. The van der Waals surface area contributed by atoms with E-state index < -0.39 is 0 Å². The largest absolute Gasteiger partial charge is 0.502 e. The highest BCUT2D eigenvalue weighted by atomic mass is 79.9. The number of methoxy groups -OCH3 is 1. The summed E-state index contributed by atoms with van der Waals surface area (Å²) < 4.78 is 11.2. The molecule has 3 nitrogen and oxygen atoms in total. The van der Waals surface area contributed by atoms with Crippen molar-refractivity contribution in [3.63, 3.8) is 0 Å². The number of pyridine rings is 1. The summed E-state index contributed by atoms with van der Waals surface area (Å²) in [5.74, 6) is 0.714. The molecule has 3 rings (SSSR count). The quantitative estimate of drug-likeness (QED) is 0.339. The molecule has 0 N–H and O–H groups in total. The number of rotatable bonds is 6. The fourth-order valence-electron chi connectivity index (χ4n) is 2.82. The Labute approximate surface area is 190 Å². The lowest BCUT2D eigenvalue weighted by molar-refractivity contribution is 0.270. The number of halogens is 1. The van der Waals surface area contributed by atoms with Gasteiger partial charge < -0.3 is 9.47 Å². The first-order valence-electron chi connectivity index (χ1n) is 10.5. The average Bonchev–Trinajstić information content (AvgIpc) is 2.78. The second-order valence-electron chi connectivity index (χ2n) is 6.48. The molecule has 4 heteroatoms. The fraction of sp³-hybridized carbons (Fsp3) is 0.346. The lowest BCUT2D eigenvalue weighted by Gasteiger charge is -2.15. The maximum Gasteiger partial charge on any atom is 0.217 e. The second kappa shape index (κ2) is 14.6. The van der Waals surface area contributed by atoms with Gasteiger partial charge in [-0.2, -0.15) is 0 Å². The van der Waals surface area contributed by atoms with Gasteiger partial charge in [0, 0.05) is 15.4 Å². The van der Waals surface area contributed by atoms with Crippen molar-refractivity contribution in [3.8, 4) is 17.0 Å². The topological polar surface area (TPSA) is 31.4 Å². The predicted molar refractivity (Wildman–Crippen MR) is 133 cm³/mol. The highest BCUT2D eigenvalue weighted by Gasteiger charge is 2.15. The van der Waals surface area contributed by atoms with E-state index in [1.54, 1.807) is 7.11 Å². The van der Waals surface area contributed by atoms with Gasteiger partial charge in [-0.25, -0.2) is 4.98 Å². The van der Waals surface area contributed by atoms with Crippen molar-refractivity contribution in [1.82, 2.24) is 4.98 Å². The van der Waals surface area contributed by atoms with Gasteiger partial charge >= 0.3 is 0 Å². The second-order valence-corrected chi connectivity index (χ2v) is 7.39. The molecule has 0 unspecified atom stereocenters. The number of ether oxygens (including phenoxy) is 2. The van der Waals surface area contributed by atoms with Crippen molar-refractivity contribution >= 4 is 26.8 Å². The molecule has 0 aliphatic rings. The fourth-order valence-corrected chi connectivity index (χ4v) is 3.22. The zero-order valence-corrected chi connectivity index (χ0v) is 20.5. The standard InChI is InChI=1S/C18H16BrNO.C4H8O.C4H10/c1-3-14-17(12-7-6-8-13(19)11-12)15-9-4-5-10-16(15)20-18(14)21-2;1-3-5-4-2;1-3-4-2/h4-11H,3H2,1-2H3;3H,1,4H2,2H3;3-4H2,1-2H3. The Morgan fingerprint density at radius 1 is 1.00 bits per heavy atom. The van der Waals surface area contributed by atoms with Crippen LogP contribution in [0.1, 0.15) is 46.1 Å². The molecule has 3 aromatic rings. The van der Waals surface area contributed by atoms with Gasteiger partial charge in [0.1, 0.15) is 0 Å². The van der Waals surface area contributed by atoms with Gasteiger partial charge in [-0.3, -0.25) is 0 Å². The maximum atomic E-state index is 5.51. The van der Waals surface area contributed by atoms with Crippen molar-refractivity contribution in [3.05, 3.63) is 71.4 Å². The monoisotopic (exact) mass is 471 g/mol. The summed E-state index contributed by atoms with van der Waals surface area (Å²) in [5, 5.41) is 1.16. The summed E-state index contributed by atoms with van der Waals surface area (Å²) in [4.78, 5) is 4.64. The molecule has 2 aromatic carbocycles. The zero-order chi connectivity index (χ0) is 22.4. The molecule has 0 radical (unpaired) electrons. The third kappa shape index (κ3) is 7.49. The van der Waals surface area contributed by atoms with Crippen LogP contribution in [-0.4, -0.2) is 18.7 Å². The lowest BCUT2D eigenvalue weighted by Crippen LogP contribution is -1.99. The van der Waals surface area contributed by atoms with E-state index in [4.69, 9.17) is 4.74 Å². The van der Waals surface area contributed by atoms with Crippen LogP contribution in [0.4, 0.5) is 0 Å². The molecule has 162 valence electrons. The molecule has 30 heavy (non-hydrogen) atoms. The van der Waals surface area contributed by atoms with Gasteiger partial charge in [0.2, 0.25) is 5.88 Å². The summed E-state index contributed by atoms with van der Waals surface area (Å²) in [5.41, 5.74) is 4.50. The van der Waals surface area contributed by atoms with Crippen molar-refractivity contribution in [2.45, 2.75) is 47.0 Å². The molecule has 0 amide bonds. The number of nitrogens with zero attached hydrogens (tertiary/aromatic N) is 1. The SMILES string of the molecule is C=COCC.CCCC.CCc1c(OC)nc2ccccc2c1-c1cccc(Br)c1. The average molecular weight is 472 g/mol. The lowest BCUT2D eigenvalue weighted by atomic mass is 9.95. The smallest absolute Gasteiger partial charge is 0.217 e. The van der Waals surface area contributed by atoms with Gasteiger partial charge in [0.15, 0.2) is 0 Å². The number of hydrogen-bond acceptors (Lipinski definition) is 3. The van der Waals surface area contributed by atoms with E-state index in [-0.39, 0.29) is 0 Å². The first-order chi connectivity index (χ1) is 14.6. The number of hydrogen-bond donors (Lipinski definition) is 0. The molecular weight excluding hydrogens is 438 g/mol. The molecule has 0 saturated carbocycles. The van der Waals surface area contributed by atoms with Gasteiger partial charge in [-0.15, -0.1) is 0 Å². The van der Waals surface area contributed by atoms with Crippen LogP contribution in [0.25, 0.3) is 22.0 Å². The minimum atomic E-state index is 0.714. The Morgan fingerprint density at radius 3 is 2.20 bits per heavy atom. The van der Waals surface area contributed by atoms with Crippen LogP contribution < -0.4 is 4.74 Å². The molecule has 1 aromatic heterocycles. The van der Waals surface area contributed by atoms with Crippen molar-refractivity contribution in [2.24, 2.45) is 0 Å². The molecule has 0 aliphatic heterocycles. The molecular formula is C26H34BrNO2. The summed E-state index contributed by atoms with van der Waals surface area (Å²) >= 11 is 3.56. The minimum Gasteiger partial charge on any atom is -0.502 e. The van der Waals surface area contributed by atoms with Crippen LogP contribution in [0.15, 0.2) is 65.8 Å². The first-order valence-corrected chi connectivity index (χ1v) is 11.3. The van der Waals surface area contributed by atoms with Gasteiger partial charge in [0.25, 0.3) is 0 Å². The van der Waals surface area contributed by atoms with Gasteiger partial charge in [-0.1, -0.05) is 86.5 Å². The summed E-state index contributed by atoms with van der Waals surface area (Å²) in [7, 11) is 1.68. The Balaban J connectivity index is 0.000000425. The zero-order valence-electron chi connectivity index (χ0n) is 18.9. The Bertz CT molecular complexity index is 907. The van der Waals surface area contributed by atoms with Crippen LogP contribution in [0, 0.1) is 0 Å². The number of fused-ring (bicyclic) bond motifs is 1. The normalized spacial score (nSPS) is 9.67. The Morgan fingerprint density at radius 2 is 1.70 bits per heavy atom. The van der Waals surface area contributed by atoms with Crippen molar-refractivity contribution in [1.29, 1.82) is 0 Å².